The summed E-state index contributed by atoms with van der Waals surface area (Å²) in [7, 11) is 0. The average Bonchev–Trinajstić information content (AvgIpc) is 2.90. The van der Waals surface area contributed by atoms with Gasteiger partial charge >= 0.3 is 0 Å². The molecule has 2 fully saturated rings. The van der Waals surface area contributed by atoms with E-state index in [-0.39, 0.29) is 17.6 Å². The van der Waals surface area contributed by atoms with Gasteiger partial charge in [-0.3, -0.25) is 4.79 Å². The molecule has 134 valence electrons. The van der Waals surface area contributed by atoms with E-state index in [9.17, 15) is 4.79 Å². The third-order valence-corrected chi connectivity index (χ3v) is 5.39. The number of carbonyl (C=O) groups excluding carboxylic acids is 1. The van der Waals surface area contributed by atoms with E-state index in [2.05, 4.69) is 6.92 Å². The van der Waals surface area contributed by atoms with Crippen molar-refractivity contribution in [3.05, 3.63) is 35.6 Å². The minimum Gasteiger partial charge on any atom is -0.461 e. The predicted octanol–water partition coefficient (Wildman–Crippen LogP) is 3.08. The van der Waals surface area contributed by atoms with Crippen LogP contribution < -0.4 is 0 Å². The third-order valence-electron chi connectivity index (χ3n) is 5.39. The maximum atomic E-state index is 13.0. The highest BCUT2D eigenvalue weighted by Crippen LogP contribution is 2.32. The Morgan fingerprint density at radius 2 is 2.04 bits per heavy atom. The molecule has 0 N–H and O–H groups in total. The average molecular weight is 343 g/mol. The van der Waals surface area contributed by atoms with Crippen LogP contribution in [0.2, 0.25) is 0 Å². The number of hydrogen-bond donors (Lipinski definition) is 0. The number of para-hydroxylation sites is 1. The number of amides is 1. The van der Waals surface area contributed by atoms with Crippen LogP contribution in [0.15, 0.2) is 28.7 Å². The summed E-state index contributed by atoms with van der Waals surface area (Å²) in [6.45, 7) is 6.71. The van der Waals surface area contributed by atoms with Crippen LogP contribution >= 0.6 is 0 Å². The molecule has 1 aromatic carbocycles. The van der Waals surface area contributed by atoms with Crippen molar-refractivity contribution < 1.29 is 18.7 Å². The summed E-state index contributed by atoms with van der Waals surface area (Å²) in [5, 5.41) is 1.04. The molecule has 1 amide bonds. The van der Waals surface area contributed by atoms with Gasteiger partial charge in [0, 0.05) is 50.1 Å². The number of fused-ring (bicyclic) bond motifs is 1. The molecule has 1 unspecified atom stereocenters. The van der Waals surface area contributed by atoms with Gasteiger partial charge in [0.15, 0.2) is 0 Å². The Balaban J connectivity index is 1.54. The van der Waals surface area contributed by atoms with Crippen LogP contribution in [-0.4, -0.2) is 48.8 Å². The number of carbonyl (C=O) groups is 1. The lowest BCUT2D eigenvalue weighted by Crippen LogP contribution is -2.58. The van der Waals surface area contributed by atoms with E-state index in [0.29, 0.717) is 32.7 Å². The molecular formula is C20H25NO4. The van der Waals surface area contributed by atoms with E-state index in [1.165, 1.54) is 0 Å². The van der Waals surface area contributed by atoms with Gasteiger partial charge in [-0.05, 0) is 19.9 Å². The van der Waals surface area contributed by atoms with Crippen molar-refractivity contribution in [2.24, 2.45) is 0 Å². The molecule has 25 heavy (non-hydrogen) atoms. The fourth-order valence-corrected chi connectivity index (χ4v) is 4.14. The zero-order chi connectivity index (χ0) is 17.4. The maximum Gasteiger partial charge on any atom is 0.227 e. The van der Waals surface area contributed by atoms with Crippen molar-refractivity contribution in [2.75, 3.05) is 26.3 Å². The number of furan rings is 1. The predicted molar refractivity (Wildman–Crippen MR) is 94.6 cm³/mol. The van der Waals surface area contributed by atoms with Gasteiger partial charge in [-0.15, -0.1) is 0 Å². The summed E-state index contributed by atoms with van der Waals surface area (Å²) in [5.41, 5.74) is 1.61. The SMILES string of the molecule is Cc1oc2ccccc2c1CC(=O)N1CC(C)OC2(CCOCC2)C1. The lowest BCUT2D eigenvalue weighted by molar-refractivity contribution is -0.189. The summed E-state index contributed by atoms with van der Waals surface area (Å²) in [6.07, 6.45) is 2.14. The molecule has 1 aromatic heterocycles. The Bertz CT molecular complexity index is 775. The highest BCUT2D eigenvalue weighted by atomic mass is 16.5. The Hall–Kier alpha value is -1.85. The minimum absolute atomic E-state index is 0.0537. The van der Waals surface area contributed by atoms with E-state index in [0.717, 1.165) is 35.1 Å². The number of aryl methyl sites for hydroxylation is 1. The molecule has 2 aliphatic heterocycles. The number of rotatable bonds is 2. The molecule has 0 saturated carbocycles. The van der Waals surface area contributed by atoms with E-state index in [1.54, 1.807) is 0 Å². The Labute approximate surface area is 147 Å². The molecule has 5 nitrogen and oxygen atoms in total. The molecule has 3 heterocycles. The number of morpholine rings is 1. The highest BCUT2D eigenvalue weighted by Gasteiger charge is 2.42. The second-order valence-electron chi connectivity index (χ2n) is 7.31. The van der Waals surface area contributed by atoms with Gasteiger partial charge in [-0.25, -0.2) is 0 Å². The third kappa shape index (κ3) is 3.18. The first-order valence-electron chi connectivity index (χ1n) is 9.07. The topological polar surface area (TPSA) is 51.9 Å². The van der Waals surface area contributed by atoms with E-state index in [1.807, 2.05) is 36.1 Å². The first-order chi connectivity index (χ1) is 12.1. The summed E-state index contributed by atoms with van der Waals surface area (Å²) >= 11 is 0. The largest absolute Gasteiger partial charge is 0.461 e. The van der Waals surface area contributed by atoms with Crippen molar-refractivity contribution in [2.45, 2.75) is 44.8 Å². The van der Waals surface area contributed by atoms with Crippen LogP contribution in [0.25, 0.3) is 11.0 Å². The van der Waals surface area contributed by atoms with Crippen LogP contribution in [0.1, 0.15) is 31.1 Å². The van der Waals surface area contributed by atoms with Gasteiger partial charge in [-0.2, -0.15) is 0 Å². The van der Waals surface area contributed by atoms with Gasteiger partial charge in [0.2, 0.25) is 5.91 Å². The van der Waals surface area contributed by atoms with Crippen LogP contribution in [0, 0.1) is 6.92 Å². The lowest BCUT2D eigenvalue weighted by Gasteiger charge is -2.47. The van der Waals surface area contributed by atoms with Gasteiger partial charge < -0.3 is 18.8 Å². The van der Waals surface area contributed by atoms with Crippen molar-refractivity contribution in [3.8, 4) is 0 Å². The minimum atomic E-state index is -0.237. The molecule has 2 aliphatic rings. The number of nitrogens with zero attached hydrogens (tertiary/aromatic N) is 1. The highest BCUT2D eigenvalue weighted by molar-refractivity contribution is 5.88. The normalized spacial score (nSPS) is 23.3. The first kappa shape index (κ1) is 16.6. The quantitative estimate of drug-likeness (QED) is 0.841. The van der Waals surface area contributed by atoms with E-state index >= 15 is 0 Å². The second-order valence-corrected chi connectivity index (χ2v) is 7.31. The van der Waals surface area contributed by atoms with E-state index in [4.69, 9.17) is 13.9 Å². The van der Waals surface area contributed by atoms with Crippen LogP contribution in [0.5, 0.6) is 0 Å². The molecule has 2 saturated heterocycles. The molecule has 1 spiro atoms. The Morgan fingerprint density at radius 3 is 2.84 bits per heavy atom. The Kier molecular flexibility index (Phi) is 4.29. The second kappa shape index (κ2) is 6.46. The van der Waals surface area contributed by atoms with Crippen LogP contribution in [-0.2, 0) is 20.7 Å². The lowest BCUT2D eigenvalue weighted by atomic mass is 9.91. The molecular weight excluding hydrogens is 318 g/mol. The van der Waals surface area contributed by atoms with Crippen molar-refractivity contribution in [1.29, 1.82) is 0 Å². The molecule has 2 aromatic rings. The molecule has 0 aliphatic carbocycles. The summed E-state index contributed by atoms with van der Waals surface area (Å²) in [6, 6.07) is 7.91. The molecule has 4 rings (SSSR count). The fourth-order valence-electron chi connectivity index (χ4n) is 4.14. The number of benzene rings is 1. The van der Waals surface area contributed by atoms with Crippen molar-refractivity contribution in [1.82, 2.24) is 4.90 Å². The zero-order valence-electron chi connectivity index (χ0n) is 14.9. The van der Waals surface area contributed by atoms with Crippen LogP contribution in [0.4, 0.5) is 0 Å². The van der Waals surface area contributed by atoms with Gasteiger partial charge in [0.05, 0.1) is 18.1 Å². The summed E-state index contributed by atoms with van der Waals surface area (Å²) in [5.74, 6) is 0.979. The van der Waals surface area contributed by atoms with Gasteiger partial charge in [-0.1, -0.05) is 18.2 Å². The number of ether oxygens (including phenoxy) is 2. The fraction of sp³-hybridized carbons (Fsp3) is 0.550. The number of hydrogen-bond acceptors (Lipinski definition) is 4. The maximum absolute atomic E-state index is 13.0. The molecule has 0 radical (unpaired) electrons. The van der Waals surface area contributed by atoms with Gasteiger partial charge in [0.25, 0.3) is 0 Å². The van der Waals surface area contributed by atoms with Crippen LogP contribution in [0.3, 0.4) is 0 Å². The first-order valence-corrected chi connectivity index (χ1v) is 9.07. The molecule has 5 heteroatoms. The standard InChI is InChI=1S/C20H25NO4/c1-14-12-21(13-20(25-14)7-9-23-10-8-20)19(22)11-17-15(2)24-18-6-4-3-5-16(17)18/h3-6,14H,7-13H2,1-2H3. The monoisotopic (exact) mass is 343 g/mol. The van der Waals surface area contributed by atoms with E-state index < -0.39 is 0 Å². The Morgan fingerprint density at radius 1 is 1.28 bits per heavy atom. The van der Waals surface area contributed by atoms with Crippen molar-refractivity contribution in [3.63, 3.8) is 0 Å². The summed E-state index contributed by atoms with van der Waals surface area (Å²) in [4.78, 5) is 15.0. The smallest absolute Gasteiger partial charge is 0.227 e. The van der Waals surface area contributed by atoms with Gasteiger partial charge in [0.1, 0.15) is 11.3 Å². The van der Waals surface area contributed by atoms with Crippen molar-refractivity contribution >= 4 is 16.9 Å². The molecule has 1 atom stereocenters. The zero-order valence-corrected chi connectivity index (χ0v) is 14.9. The molecule has 0 bridgehead atoms. The summed E-state index contributed by atoms with van der Waals surface area (Å²) < 4.78 is 17.5.